The molecule has 1 aromatic carbocycles. The molecule has 2 aliphatic rings. The Kier molecular flexibility index (Phi) is 4.66. The molecule has 1 unspecified atom stereocenters. The second kappa shape index (κ2) is 6.71. The van der Waals surface area contributed by atoms with Crippen LogP contribution >= 0.6 is 0 Å². The first-order chi connectivity index (χ1) is 11.1. The third kappa shape index (κ3) is 3.55. The van der Waals surface area contributed by atoms with Crippen LogP contribution in [0.4, 0.5) is 5.69 Å². The summed E-state index contributed by atoms with van der Waals surface area (Å²) in [6, 6.07) is 5.67. The van der Waals surface area contributed by atoms with Crippen LogP contribution in [0.3, 0.4) is 0 Å². The lowest BCUT2D eigenvalue weighted by atomic mass is 10.0. The Balaban J connectivity index is 1.83. The minimum absolute atomic E-state index is 0.0233. The molecule has 0 radical (unpaired) electrons. The number of anilines is 1. The molecule has 0 spiro atoms. The van der Waals surface area contributed by atoms with E-state index in [0.29, 0.717) is 36.6 Å². The largest absolute Gasteiger partial charge is 0.396 e. The molecule has 0 bridgehead atoms. The van der Waals surface area contributed by atoms with Crippen LogP contribution < -0.4 is 10.2 Å². The van der Waals surface area contributed by atoms with E-state index in [1.165, 1.54) is 0 Å². The Bertz CT molecular complexity index is 610. The quantitative estimate of drug-likeness (QED) is 0.843. The van der Waals surface area contributed by atoms with Crippen LogP contribution in [-0.4, -0.2) is 36.1 Å². The average Bonchev–Trinajstić information content (AvgIpc) is 3.29. The smallest absolute Gasteiger partial charge is 0.253 e. The fourth-order valence-electron chi connectivity index (χ4n) is 3.28. The van der Waals surface area contributed by atoms with E-state index in [1.807, 2.05) is 25.1 Å². The molecule has 124 valence electrons. The number of hydrogen-bond acceptors (Lipinski definition) is 3. The minimum Gasteiger partial charge on any atom is -0.396 e. The molecule has 1 aliphatic carbocycles. The van der Waals surface area contributed by atoms with Gasteiger partial charge in [0.15, 0.2) is 0 Å². The lowest BCUT2D eigenvalue weighted by Gasteiger charge is -2.22. The van der Waals surface area contributed by atoms with Gasteiger partial charge in [0, 0.05) is 25.6 Å². The highest BCUT2D eigenvalue weighted by Gasteiger charge is 2.33. The van der Waals surface area contributed by atoms with Crippen molar-refractivity contribution in [1.29, 1.82) is 0 Å². The van der Waals surface area contributed by atoms with Crippen molar-refractivity contribution in [2.75, 3.05) is 18.1 Å². The summed E-state index contributed by atoms with van der Waals surface area (Å²) in [5.74, 6) is 0.415. The number of aliphatic hydroxyl groups excluding tert-OH is 1. The number of aryl methyl sites for hydroxylation is 1. The van der Waals surface area contributed by atoms with E-state index in [-0.39, 0.29) is 24.5 Å². The summed E-state index contributed by atoms with van der Waals surface area (Å²) >= 11 is 0. The van der Waals surface area contributed by atoms with Gasteiger partial charge in [-0.15, -0.1) is 0 Å². The maximum Gasteiger partial charge on any atom is 0.253 e. The minimum atomic E-state index is -0.145. The van der Waals surface area contributed by atoms with Crippen LogP contribution in [0.15, 0.2) is 18.2 Å². The van der Waals surface area contributed by atoms with Gasteiger partial charge in [0.2, 0.25) is 5.91 Å². The van der Waals surface area contributed by atoms with Gasteiger partial charge in [0.05, 0.1) is 11.3 Å². The fraction of sp³-hybridized carbons (Fsp3) is 0.556. The molecule has 3 rings (SSSR count). The predicted octanol–water partition coefficient (Wildman–Crippen LogP) is 2.01. The van der Waals surface area contributed by atoms with Gasteiger partial charge < -0.3 is 15.3 Å². The maximum atomic E-state index is 12.8. The Morgan fingerprint density at radius 1 is 1.43 bits per heavy atom. The topological polar surface area (TPSA) is 69.6 Å². The molecular weight excluding hydrogens is 292 g/mol. The number of benzene rings is 1. The highest BCUT2D eigenvalue weighted by Crippen LogP contribution is 2.34. The number of carbonyl (C=O) groups is 2. The van der Waals surface area contributed by atoms with Gasteiger partial charge in [-0.2, -0.15) is 0 Å². The van der Waals surface area contributed by atoms with E-state index in [1.54, 1.807) is 4.90 Å². The van der Waals surface area contributed by atoms with Crippen LogP contribution in [0.1, 0.15) is 48.0 Å². The van der Waals surface area contributed by atoms with Crippen LogP contribution in [0.25, 0.3) is 0 Å². The molecule has 2 amide bonds. The van der Waals surface area contributed by atoms with Crippen molar-refractivity contribution in [2.45, 2.75) is 45.1 Å². The highest BCUT2D eigenvalue weighted by atomic mass is 16.3. The summed E-state index contributed by atoms with van der Waals surface area (Å²) < 4.78 is 0. The summed E-state index contributed by atoms with van der Waals surface area (Å²) in [6.07, 6.45) is 4.18. The molecule has 23 heavy (non-hydrogen) atoms. The molecule has 5 heteroatoms. The van der Waals surface area contributed by atoms with E-state index in [2.05, 4.69) is 5.32 Å². The molecule has 2 fully saturated rings. The van der Waals surface area contributed by atoms with E-state index in [9.17, 15) is 14.7 Å². The van der Waals surface area contributed by atoms with Crippen LogP contribution in [0.2, 0.25) is 0 Å². The van der Waals surface area contributed by atoms with Gasteiger partial charge in [-0.3, -0.25) is 9.59 Å². The zero-order valence-electron chi connectivity index (χ0n) is 13.5. The van der Waals surface area contributed by atoms with Crippen molar-refractivity contribution in [3.05, 3.63) is 29.3 Å². The third-order valence-corrected chi connectivity index (χ3v) is 4.71. The average molecular weight is 316 g/mol. The third-order valence-electron chi connectivity index (χ3n) is 4.71. The normalized spacial score (nSPS) is 19.0. The van der Waals surface area contributed by atoms with Gasteiger partial charge in [-0.05, 0) is 50.7 Å². The van der Waals surface area contributed by atoms with E-state index >= 15 is 0 Å². The van der Waals surface area contributed by atoms with Gasteiger partial charge in [-0.1, -0.05) is 11.6 Å². The maximum absolute atomic E-state index is 12.8. The summed E-state index contributed by atoms with van der Waals surface area (Å²) in [6.45, 7) is 2.69. The number of rotatable bonds is 6. The molecule has 5 nitrogen and oxygen atoms in total. The first kappa shape index (κ1) is 16.0. The van der Waals surface area contributed by atoms with Crippen LogP contribution in [0, 0.1) is 12.8 Å². The van der Waals surface area contributed by atoms with Crippen molar-refractivity contribution in [1.82, 2.24) is 5.32 Å². The summed E-state index contributed by atoms with van der Waals surface area (Å²) in [5, 5.41) is 12.3. The lowest BCUT2D eigenvalue weighted by molar-refractivity contribution is -0.117. The number of aliphatic hydroxyl groups is 1. The van der Waals surface area contributed by atoms with Crippen molar-refractivity contribution in [3.63, 3.8) is 0 Å². The zero-order valence-corrected chi connectivity index (χ0v) is 13.5. The highest BCUT2D eigenvalue weighted by molar-refractivity contribution is 6.05. The van der Waals surface area contributed by atoms with Gasteiger partial charge in [0.25, 0.3) is 5.91 Å². The number of hydrogen-bond donors (Lipinski definition) is 2. The summed E-state index contributed by atoms with van der Waals surface area (Å²) in [7, 11) is 0. The van der Waals surface area contributed by atoms with E-state index < -0.39 is 0 Å². The fourth-order valence-corrected chi connectivity index (χ4v) is 3.28. The molecular formula is C18H24N2O3. The van der Waals surface area contributed by atoms with Crippen molar-refractivity contribution in [2.24, 2.45) is 5.92 Å². The van der Waals surface area contributed by atoms with Gasteiger partial charge in [-0.25, -0.2) is 0 Å². The molecule has 1 aliphatic heterocycles. The molecule has 1 atom stereocenters. The molecule has 1 saturated heterocycles. The monoisotopic (exact) mass is 316 g/mol. The second-order valence-electron chi connectivity index (χ2n) is 6.60. The van der Waals surface area contributed by atoms with E-state index in [4.69, 9.17) is 0 Å². The second-order valence-corrected chi connectivity index (χ2v) is 6.60. The molecule has 0 aromatic heterocycles. The summed E-state index contributed by atoms with van der Waals surface area (Å²) in [5.41, 5.74) is 2.26. The van der Waals surface area contributed by atoms with Crippen molar-refractivity contribution >= 4 is 17.5 Å². The number of carbonyl (C=O) groups excluding carboxylic acids is 2. The molecule has 2 N–H and O–H groups in total. The molecule has 1 aromatic rings. The molecule has 1 heterocycles. The van der Waals surface area contributed by atoms with Gasteiger partial charge in [0.1, 0.15) is 0 Å². The SMILES string of the molecule is Cc1ccc(N2CCCC2=O)c(C(=O)NC(CCO)C2CC2)c1. The molecule has 1 saturated carbocycles. The van der Waals surface area contributed by atoms with Crippen LogP contribution in [-0.2, 0) is 4.79 Å². The standard InChI is InChI=1S/C18H24N2O3/c1-12-4-7-16(20-9-2-3-17(20)22)14(11-12)18(23)19-15(8-10-21)13-5-6-13/h4,7,11,13,15,21H,2-3,5-6,8-10H2,1H3,(H,19,23). The van der Waals surface area contributed by atoms with Crippen LogP contribution in [0.5, 0.6) is 0 Å². The number of nitrogens with zero attached hydrogens (tertiary/aromatic N) is 1. The van der Waals surface area contributed by atoms with E-state index in [0.717, 1.165) is 24.8 Å². The Labute approximate surface area is 136 Å². The Morgan fingerprint density at radius 3 is 2.83 bits per heavy atom. The number of nitrogens with one attached hydrogen (secondary N) is 1. The first-order valence-corrected chi connectivity index (χ1v) is 8.43. The number of amides is 2. The Morgan fingerprint density at radius 2 is 2.22 bits per heavy atom. The van der Waals surface area contributed by atoms with Crippen molar-refractivity contribution in [3.8, 4) is 0 Å². The first-order valence-electron chi connectivity index (χ1n) is 8.43. The Hall–Kier alpha value is -1.88. The predicted molar refractivity (Wildman–Crippen MR) is 88.4 cm³/mol. The lowest BCUT2D eigenvalue weighted by Crippen LogP contribution is -2.38. The summed E-state index contributed by atoms with van der Waals surface area (Å²) in [4.78, 5) is 26.5. The zero-order chi connectivity index (χ0) is 16.4. The van der Waals surface area contributed by atoms with Gasteiger partial charge >= 0.3 is 0 Å². The van der Waals surface area contributed by atoms with Crippen molar-refractivity contribution < 1.29 is 14.7 Å².